The zero-order valence-electron chi connectivity index (χ0n) is 15.6. The first kappa shape index (κ1) is 20.4. The maximum absolute atomic E-state index is 13.0. The molecular weight excluding hydrogens is 445 g/mol. The van der Waals surface area contributed by atoms with Crippen LogP contribution in [0, 0.1) is 6.92 Å². The first-order chi connectivity index (χ1) is 14.3. The highest BCUT2D eigenvalue weighted by atomic mass is 35.5. The van der Waals surface area contributed by atoms with Gasteiger partial charge in [-0.3, -0.25) is 14.1 Å². The van der Waals surface area contributed by atoms with Crippen LogP contribution in [-0.2, 0) is 10.0 Å². The van der Waals surface area contributed by atoms with Gasteiger partial charge >= 0.3 is 0 Å². The fraction of sp³-hybridized carbons (Fsp3) is 0.0476. The zero-order valence-corrected chi connectivity index (χ0v) is 18.0. The molecule has 0 unspecified atom stereocenters. The molecule has 3 aromatic carbocycles. The number of aromatic nitrogens is 2. The highest BCUT2D eigenvalue weighted by Gasteiger charge is 2.17. The van der Waals surface area contributed by atoms with Gasteiger partial charge in [-0.15, -0.1) is 0 Å². The second-order valence-corrected chi connectivity index (χ2v) is 9.07. The second kappa shape index (κ2) is 7.75. The molecular formula is C21H15Cl2N3O3S. The van der Waals surface area contributed by atoms with Gasteiger partial charge in [-0.2, -0.15) is 0 Å². The Morgan fingerprint density at radius 1 is 0.967 bits per heavy atom. The second-order valence-electron chi connectivity index (χ2n) is 6.54. The minimum absolute atomic E-state index is 0.0362. The number of halogens is 2. The molecule has 6 nitrogen and oxygen atoms in total. The number of fused-ring (bicyclic) bond motifs is 1. The van der Waals surface area contributed by atoms with Crippen molar-refractivity contribution >= 4 is 49.8 Å². The number of nitrogens with zero attached hydrogens (tertiary/aromatic N) is 2. The number of para-hydroxylation sites is 1. The number of rotatable bonds is 4. The smallest absolute Gasteiger partial charge is 0.265 e. The molecule has 0 aliphatic carbocycles. The lowest BCUT2D eigenvalue weighted by Gasteiger charge is -2.14. The molecule has 4 aromatic rings. The number of hydrogen-bond acceptors (Lipinski definition) is 4. The highest BCUT2D eigenvalue weighted by Crippen LogP contribution is 2.28. The van der Waals surface area contributed by atoms with Crippen molar-refractivity contribution in [3.05, 3.63) is 93.0 Å². The van der Waals surface area contributed by atoms with Gasteiger partial charge in [0.1, 0.15) is 5.82 Å². The van der Waals surface area contributed by atoms with Crippen molar-refractivity contribution in [3.63, 3.8) is 0 Å². The normalized spacial score (nSPS) is 11.6. The van der Waals surface area contributed by atoms with E-state index in [4.69, 9.17) is 23.2 Å². The molecule has 1 N–H and O–H groups in total. The van der Waals surface area contributed by atoms with Crippen LogP contribution in [0.1, 0.15) is 5.82 Å². The summed E-state index contributed by atoms with van der Waals surface area (Å²) in [6.45, 7) is 1.71. The largest absolute Gasteiger partial charge is 0.278 e. The minimum Gasteiger partial charge on any atom is -0.278 e. The van der Waals surface area contributed by atoms with Gasteiger partial charge in [-0.1, -0.05) is 35.3 Å². The molecule has 0 saturated heterocycles. The number of sulfonamides is 1. The molecule has 0 amide bonds. The minimum atomic E-state index is -3.90. The van der Waals surface area contributed by atoms with Crippen LogP contribution in [0.25, 0.3) is 16.6 Å². The SMILES string of the molecule is Cc1nc2ccccc2c(=O)n1-c1ccc(Cl)c(NS(=O)(=O)c2ccc(Cl)cc2)c1. The van der Waals surface area contributed by atoms with Crippen molar-refractivity contribution in [1.29, 1.82) is 0 Å². The molecule has 1 aromatic heterocycles. The standard InChI is InChI=1S/C21H15Cl2N3O3S/c1-13-24-19-5-3-2-4-17(19)21(27)26(13)15-8-11-18(23)20(12-15)25-30(28,29)16-9-6-14(22)7-10-16/h2-12,25H,1H3. The van der Waals surface area contributed by atoms with E-state index in [2.05, 4.69) is 9.71 Å². The summed E-state index contributed by atoms with van der Waals surface area (Å²) in [7, 11) is -3.90. The van der Waals surface area contributed by atoms with Crippen molar-refractivity contribution in [3.8, 4) is 5.69 Å². The average molecular weight is 460 g/mol. The number of benzene rings is 3. The zero-order chi connectivity index (χ0) is 21.5. The van der Waals surface area contributed by atoms with E-state index in [1.54, 1.807) is 31.2 Å². The van der Waals surface area contributed by atoms with E-state index in [0.717, 1.165) is 0 Å². The Balaban J connectivity index is 1.81. The van der Waals surface area contributed by atoms with Gasteiger partial charge < -0.3 is 0 Å². The molecule has 0 aliphatic rings. The summed E-state index contributed by atoms with van der Waals surface area (Å²) in [5, 5.41) is 1.07. The summed E-state index contributed by atoms with van der Waals surface area (Å²) in [6, 6.07) is 17.4. The van der Waals surface area contributed by atoms with Gasteiger partial charge in [-0.05, 0) is 61.5 Å². The van der Waals surface area contributed by atoms with Crippen molar-refractivity contribution in [2.45, 2.75) is 11.8 Å². The number of aryl methyl sites for hydroxylation is 1. The first-order valence-corrected chi connectivity index (χ1v) is 11.1. The highest BCUT2D eigenvalue weighted by molar-refractivity contribution is 7.92. The molecule has 0 aliphatic heterocycles. The molecule has 0 atom stereocenters. The summed E-state index contributed by atoms with van der Waals surface area (Å²) in [5.74, 6) is 0.465. The summed E-state index contributed by atoms with van der Waals surface area (Å²) >= 11 is 12.1. The van der Waals surface area contributed by atoms with E-state index in [0.29, 0.717) is 27.4 Å². The lowest BCUT2D eigenvalue weighted by molar-refractivity contribution is 0.601. The van der Waals surface area contributed by atoms with Gasteiger partial charge in [-0.25, -0.2) is 13.4 Å². The van der Waals surface area contributed by atoms with Crippen molar-refractivity contribution in [2.24, 2.45) is 0 Å². The maximum Gasteiger partial charge on any atom is 0.265 e. The number of nitrogens with one attached hydrogen (secondary N) is 1. The summed E-state index contributed by atoms with van der Waals surface area (Å²) in [5.41, 5.74) is 0.915. The lowest BCUT2D eigenvalue weighted by Crippen LogP contribution is -2.22. The first-order valence-electron chi connectivity index (χ1n) is 8.83. The number of anilines is 1. The number of hydrogen-bond donors (Lipinski definition) is 1. The van der Waals surface area contributed by atoms with Gasteiger partial charge in [0, 0.05) is 5.02 Å². The van der Waals surface area contributed by atoms with Gasteiger partial charge in [0.25, 0.3) is 15.6 Å². The molecule has 0 saturated carbocycles. The molecule has 30 heavy (non-hydrogen) atoms. The van der Waals surface area contributed by atoms with E-state index in [1.165, 1.54) is 41.0 Å². The third-order valence-electron chi connectivity index (χ3n) is 4.52. The third kappa shape index (κ3) is 3.79. The van der Waals surface area contributed by atoms with Crippen LogP contribution in [0.3, 0.4) is 0 Å². The molecule has 9 heteroatoms. The average Bonchev–Trinajstić information content (AvgIpc) is 2.70. The quantitative estimate of drug-likeness (QED) is 0.474. The monoisotopic (exact) mass is 459 g/mol. The third-order valence-corrected chi connectivity index (χ3v) is 6.48. The predicted molar refractivity (Wildman–Crippen MR) is 119 cm³/mol. The van der Waals surface area contributed by atoms with E-state index >= 15 is 0 Å². The topological polar surface area (TPSA) is 81.1 Å². The molecule has 1 heterocycles. The van der Waals surface area contributed by atoms with E-state index in [1.807, 2.05) is 6.07 Å². The molecule has 0 spiro atoms. The molecule has 0 radical (unpaired) electrons. The summed E-state index contributed by atoms with van der Waals surface area (Å²) < 4.78 is 29.3. The summed E-state index contributed by atoms with van der Waals surface area (Å²) in [4.78, 5) is 17.5. The van der Waals surface area contributed by atoms with Crippen LogP contribution in [0.4, 0.5) is 5.69 Å². The van der Waals surface area contributed by atoms with E-state index < -0.39 is 10.0 Å². The maximum atomic E-state index is 13.0. The van der Waals surface area contributed by atoms with Gasteiger partial charge in [0.15, 0.2) is 0 Å². The fourth-order valence-electron chi connectivity index (χ4n) is 3.10. The van der Waals surface area contributed by atoms with Crippen LogP contribution in [0.15, 0.2) is 76.4 Å². The molecule has 4 rings (SSSR count). The van der Waals surface area contributed by atoms with Crippen LogP contribution in [0.5, 0.6) is 0 Å². The van der Waals surface area contributed by atoms with Crippen molar-refractivity contribution in [1.82, 2.24) is 9.55 Å². The Hall–Kier alpha value is -2.87. The Morgan fingerprint density at radius 2 is 1.67 bits per heavy atom. The van der Waals surface area contributed by atoms with E-state index in [9.17, 15) is 13.2 Å². The van der Waals surface area contributed by atoms with E-state index in [-0.39, 0.29) is 21.2 Å². The van der Waals surface area contributed by atoms with Crippen LogP contribution >= 0.6 is 23.2 Å². The fourth-order valence-corrected chi connectivity index (χ4v) is 4.51. The van der Waals surface area contributed by atoms with Gasteiger partial charge in [0.05, 0.1) is 32.2 Å². The van der Waals surface area contributed by atoms with Crippen molar-refractivity contribution in [2.75, 3.05) is 4.72 Å². The molecule has 0 bridgehead atoms. The molecule has 152 valence electrons. The van der Waals surface area contributed by atoms with Crippen LogP contribution < -0.4 is 10.3 Å². The molecule has 0 fully saturated rings. The van der Waals surface area contributed by atoms with Crippen LogP contribution in [0.2, 0.25) is 10.0 Å². The van der Waals surface area contributed by atoms with Crippen molar-refractivity contribution < 1.29 is 8.42 Å². The summed E-state index contributed by atoms with van der Waals surface area (Å²) in [6.07, 6.45) is 0. The Morgan fingerprint density at radius 3 is 2.40 bits per heavy atom. The Bertz CT molecular complexity index is 1430. The lowest BCUT2D eigenvalue weighted by atomic mass is 10.2. The van der Waals surface area contributed by atoms with Crippen LogP contribution in [-0.4, -0.2) is 18.0 Å². The predicted octanol–water partition coefficient (Wildman–Crippen LogP) is 4.80. The Kier molecular flexibility index (Phi) is 5.27. The van der Waals surface area contributed by atoms with Gasteiger partial charge in [0.2, 0.25) is 0 Å². The Labute approximate surface area is 182 Å².